The molecule has 8 N–H and O–H groups in total. The molecule has 18 heteroatoms. The van der Waals surface area contributed by atoms with Gasteiger partial charge in [-0.25, -0.2) is 4.98 Å². The van der Waals surface area contributed by atoms with Crippen molar-refractivity contribution in [2.45, 2.75) is 44.7 Å². The van der Waals surface area contributed by atoms with E-state index in [0.29, 0.717) is 34.5 Å². The summed E-state index contributed by atoms with van der Waals surface area (Å²) in [6.45, 7) is 20.8. The lowest BCUT2D eigenvalue weighted by molar-refractivity contribution is -0.143. The topological polar surface area (TPSA) is 249 Å². The summed E-state index contributed by atoms with van der Waals surface area (Å²) in [6, 6.07) is 10.7. The van der Waals surface area contributed by atoms with Gasteiger partial charge in [0.25, 0.3) is 11.5 Å². The van der Waals surface area contributed by atoms with Gasteiger partial charge in [0.1, 0.15) is 12.4 Å². The Morgan fingerprint density at radius 1 is 0.932 bits per heavy atom. The number of benzene rings is 2. The number of anilines is 2. The molecule has 0 aliphatic carbocycles. The average molecular weight is 843 g/mol. The zero-order valence-corrected chi connectivity index (χ0v) is 33.8. The fraction of sp³-hybridized carbons (Fsp3) is 0.341. The molecular weight excluding hydrogens is 797 g/mol. The Morgan fingerprint density at radius 3 is 2.36 bits per heavy atom. The van der Waals surface area contributed by atoms with Gasteiger partial charge in [-0.2, -0.15) is 0 Å². The number of carbonyl (C=O) groups is 6. The maximum atomic E-state index is 12.7. The Balaban J connectivity index is 1.25. The van der Waals surface area contributed by atoms with Gasteiger partial charge in [-0.15, -0.1) is 6.42 Å². The summed E-state index contributed by atoms with van der Waals surface area (Å²) in [6.07, 6.45) is 5.36. The quantitative estimate of drug-likeness (QED) is 0.0294. The summed E-state index contributed by atoms with van der Waals surface area (Å²) in [5.74, 6) is -2.04. The number of hydrogen-bond donors (Lipinski definition) is 6. The molecule has 1 heterocycles. The molecule has 8 radical (unpaired) electrons. The van der Waals surface area contributed by atoms with Gasteiger partial charge >= 0.3 is 5.97 Å². The number of nitrogen functional groups attached to an aromatic ring is 1. The predicted molar refractivity (Wildman–Crippen MR) is 227 cm³/mol. The monoisotopic (exact) mass is 842 g/mol. The molecule has 59 heavy (non-hydrogen) atoms. The Morgan fingerprint density at radius 2 is 1.64 bits per heavy atom. The number of aromatic amines is 1. The smallest absolute Gasteiger partial charge is 0.305 e. The molecule has 3 aromatic rings. The zero-order valence-electron chi connectivity index (χ0n) is 32.1. The first-order chi connectivity index (χ1) is 28.2. The Kier molecular flexibility index (Phi) is 20.5. The average Bonchev–Trinajstić information content (AvgIpc) is 3.20. The first-order valence-electron chi connectivity index (χ1n) is 18.3. The minimum atomic E-state index is -1.46. The minimum Gasteiger partial charge on any atom is -0.465 e. The third kappa shape index (κ3) is 16.8. The van der Waals surface area contributed by atoms with E-state index in [1.165, 1.54) is 34.7 Å². The number of hydrogen-bond acceptors (Lipinski definition) is 14. The van der Waals surface area contributed by atoms with Crippen molar-refractivity contribution in [1.29, 1.82) is 0 Å². The van der Waals surface area contributed by atoms with Crippen molar-refractivity contribution in [3.63, 3.8) is 0 Å². The van der Waals surface area contributed by atoms with Crippen LogP contribution in [-0.2, 0) is 35.3 Å². The molecule has 0 bridgehead atoms. The molecule has 0 saturated carbocycles. The summed E-state index contributed by atoms with van der Waals surface area (Å²) < 4.78 is 5.22. The summed E-state index contributed by atoms with van der Waals surface area (Å²) in [7, 11) is 2.79. The van der Waals surface area contributed by atoms with Crippen LogP contribution in [0.5, 0.6) is 0 Å². The van der Waals surface area contributed by atoms with Crippen molar-refractivity contribution < 1.29 is 33.5 Å². The molecule has 3 amide bonds. The Labute approximate surface area is 351 Å². The highest BCUT2D eigenvalue weighted by Gasteiger charge is 2.25. The van der Waals surface area contributed by atoms with Crippen LogP contribution >= 0.6 is 21.6 Å². The molecule has 2 aromatic carbocycles. The summed E-state index contributed by atoms with van der Waals surface area (Å²) in [4.78, 5) is 94.3. The standard InChI is InChI=1S/C41H46N8O8S2/c1-5-18-49(25-29-8-13-34-33(24-29)40(56)48-41(43)47-34)31-11-9-30(10-12-31)39(55)44-16-6-7-36(52)57-19-21-59-58-20-14-32(50)22-26(2)38(54)46-28(4)35(51)23-27(3)37(53)45-17-15-42/h1-4,8-13,16-17,24,26-28H,6-7,14-15,18-23,25,42H2,(H,44,55)(H,45,53)(H,46,54)(H3,43,47,48,56). The first kappa shape index (κ1) is 48.0. The van der Waals surface area contributed by atoms with Gasteiger partial charge in [0.05, 0.1) is 30.0 Å². The fourth-order valence-corrected chi connectivity index (χ4v) is 7.01. The number of carbonyl (C=O) groups excluding carboxylic acids is 6. The number of amides is 3. The lowest BCUT2D eigenvalue weighted by Gasteiger charge is -2.23. The van der Waals surface area contributed by atoms with E-state index in [1.807, 2.05) is 11.0 Å². The van der Waals surface area contributed by atoms with Crippen molar-refractivity contribution in [2.75, 3.05) is 41.8 Å². The molecule has 0 saturated heterocycles. The number of esters is 1. The van der Waals surface area contributed by atoms with E-state index in [2.05, 4.69) is 31.8 Å². The molecular formula is C41H46N8O8S2. The van der Waals surface area contributed by atoms with E-state index < -0.39 is 47.9 Å². The Bertz CT molecular complexity index is 2020. The molecule has 16 nitrogen and oxygen atoms in total. The third-order valence-corrected chi connectivity index (χ3v) is 10.6. The van der Waals surface area contributed by atoms with E-state index in [0.717, 1.165) is 11.3 Å². The van der Waals surface area contributed by atoms with E-state index in [9.17, 15) is 33.6 Å². The van der Waals surface area contributed by atoms with Crippen LogP contribution < -0.4 is 37.9 Å². The van der Waals surface area contributed by atoms with Crippen molar-refractivity contribution in [3.8, 4) is 12.3 Å². The third-order valence-electron chi connectivity index (χ3n) is 8.19. The largest absolute Gasteiger partial charge is 0.465 e. The summed E-state index contributed by atoms with van der Waals surface area (Å²) in [5, 5.41) is 7.63. The van der Waals surface area contributed by atoms with Gasteiger partial charge in [0, 0.05) is 79.9 Å². The van der Waals surface area contributed by atoms with Gasteiger partial charge in [-0.05, 0) is 69.2 Å². The van der Waals surface area contributed by atoms with Gasteiger partial charge in [-0.1, -0.05) is 33.6 Å². The molecule has 0 aliphatic rings. The van der Waals surface area contributed by atoms with Gasteiger partial charge in [-0.3, -0.25) is 38.5 Å². The number of ether oxygens (including phenoxy) is 1. The van der Waals surface area contributed by atoms with Crippen LogP contribution in [0, 0.1) is 58.0 Å². The molecule has 3 rings (SSSR count). The second-order valence-corrected chi connectivity index (χ2v) is 15.5. The number of rotatable bonds is 26. The second-order valence-electron chi connectivity index (χ2n) is 12.8. The number of ketones is 2. The highest BCUT2D eigenvalue weighted by Crippen LogP contribution is 2.23. The van der Waals surface area contributed by atoms with E-state index in [1.54, 1.807) is 36.4 Å². The van der Waals surface area contributed by atoms with Crippen LogP contribution in [0.4, 0.5) is 11.6 Å². The second kappa shape index (κ2) is 25.2. The highest BCUT2D eigenvalue weighted by atomic mass is 33.1. The first-order valence-corrected chi connectivity index (χ1v) is 20.7. The van der Waals surface area contributed by atoms with E-state index >= 15 is 0 Å². The number of terminal acetylenes is 1. The van der Waals surface area contributed by atoms with Crippen LogP contribution in [0.2, 0.25) is 0 Å². The molecule has 0 aliphatic heterocycles. The lowest BCUT2D eigenvalue weighted by Crippen LogP contribution is -2.43. The van der Waals surface area contributed by atoms with Gasteiger partial charge < -0.3 is 37.1 Å². The molecule has 1 aromatic heterocycles. The number of nitrogens with one attached hydrogen (secondary N) is 4. The number of fused-ring (bicyclic) bond motifs is 1. The Hall–Kier alpha value is -5.38. The number of H-pyrrole nitrogens is 1. The van der Waals surface area contributed by atoms with Crippen molar-refractivity contribution in [2.24, 2.45) is 17.6 Å². The maximum absolute atomic E-state index is 12.7. The van der Waals surface area contributed by atoms with Crippen LogP contribution in [0.25, 0.3) is 10.9 Å². The van der Waals surface area contributed by atoms with Crippen LogP contribution in [-0.4, -0.2) is 82.5 Å². The van der Waals surface area contributed by atoms with Crippen molar-refractivity contribution in [1.82, 2.24) is 25.9 Å². The molecule has 3 atom stereocenters. The van der Waals surface area contributed by atoms with Crippen LogP contribution in [0.3, 0.4) is 0 Å². The SMILES string of the molecule is [CH]C(CC(=O)C([CH])NC(=O)C([CH])CC(=O)CCSSCCOC(=O)CC[CH]NC(=O)c1ccc(N(CC#C)Cc2ccc3nc(N)[nH]c(=O)c3c2)cc1)C(=O)N[CH]CN. The molecule has 0 spiro atoms. The van der Waals surface area contributed by atoms with E-state index in [4.69, 9.17) is 43.4 Å². The van der Waals surface area contributed by atoms with E-state index in [-0.39, 0.29) is 68.6 Å². The molecule has 310 valence electrons. The van der Waals surface area contributed by atoms with Crippen molar-refractivity contribution in [3.05, 3.63) is 97.8 Å². The molecule has 3 unspecified atom stereocenters. The summed E-state index contributed by atoms with van der Waals surface area (Å²) >= 11 is 0. The summed E-state index contributed by atoms with van der Waals surface area (Å²) in [5.41, 5.74) is 13.0. The molecule has 0 fully saturated rings. The number of aromatic nitrogens is 2. The number of Topliss-reactive ketones (excluding diaryl/α,β-unsaturated/α-hetero) is 2. The minimum absolute atomic E-state index is 0.0394. The highest BCUT2D eigenvalue weighted by molar-refractivity contribution is 8.76. The number of nitrogens with two attached hydrogens (primary N) is 2. The number of nitrogens with zero attached hydrogens (tertiary/aromatic N) is 2. The maximum Gasteiger partial charge on any atom is 0.305 e. The lowest BCUT2D eigenvalue weighted by atomic mass is 9.98. The normalized spacial score (nSPS) is 12.4. The van der Waals surface area contributed by atoms with Crippen LogP contribution in [0.1, 0.15) is 48.0 Å². The zero-order chi connectivity index (χ0) is 43.3. The van der Waals surface area contributed by atoms with Crippen LogP contribution in [0.15, 0.2) is 47.3 Å². The predicted octanol–water partition coefficient (Wildman–Crippen LogP) is 2.14. The fourth-order valence-electron chi connectivity index (χ4n) is 5.15. The van der Waals surface area contributed by atoms with Gasteiger partial charge in [0.2, 0.25) is 17.8 Å². The van der Waals surface area contributed by atoms with Crippen molar-refractivity contribution >= 4 is 79.4 Å². The van der Waals surface area contributed by atoms with Gasteiger partial charge in [0.15, 0.2) is 5.78 Å².